The minimum absolute atomic E-state index is 0. The number of carbonyl (C=O) groups is 1. The van der Waals surface area contributed by atoms with Gasteiger partial charge in [-0.3, -0.25) is 9.69 Å². The molecule has 0 bridgehead atoms. The van der Waals surface area contributed by atoms with E-state index in [9.17, 15) is 4.79 Å². The molecule has 2 rings (SSSR count). The highest BCUT2D eigenvalue weighted by Gasteiger charge is 2.31. The van der Waals surface area contributed by atoms with Gasteiger partial charge in [-0.25, -0.2) is 0 Å². The summed E-state index contributed by atoms with van der Waals surface area (Å²) in [5.41, 5.74) is 0. The van der Waals surface area contributed by atoms with Crippen LogP contribution in [0.2, 0.25) is 0 Å². The van der Waals surface area contributed by atoms with Crippen LogP contribution in [0.1, 0.15) is 19.8 Å². The lowest BCUT2D eigenvalue weighted by atomic mass is 10.0. The van der Waals surface area contributed by atoms with Crippen molar-refractivity contribution in [2.75, 3.05) is 46.4 Å². The average molecular weight is 328 g/mol. The summed E-state index contributed by atoms with van der Waals surface area (Å²) in [6.45, 7) is 7.18. The molecule has 0 aromatic heterocycles. The number of piperidine rings is 1. The van der Waals surface area contributed by atoms with E-state index >= 15 is 0 Å². The minimum Gasteiger partial charge on any atom is -0.366 e. The van der Waals surface area contributed by atoms with E-state index in [4.69, 9.17) is 4.74 Å². The van der Waals surface area contributed by atoms with Crippen LogP contribution in [-0.2, 0) is 9.53 Å². The van der Waals surface area contributed by atoms with Crippen molar-refractivity contribution < 1.29 is 9.53 Å². The third-order valence-corrected chi connectivity index (χ3v) is 4.01. The zero-order chi connectivity index (χ0) is 13.0. The molecule has 2 aliphatic heterocycles. The second-order valence-electron chi connectivity index (χ2n) is 5.16. The number of carbonyl (C=O) groups excluding carboxylic acids is 1. The number of morpholine rings is 1. The number of rotatable bonds is 3. The van der Waals surface area contributed by atoms with Crippen LogP contribution in [0.4, 0.5) is 0 Å². The van der Waals surface area contributed by atoms with Crippen molar-refractivity contribution in [2.45, 2.75) is 31.9 Å². The van der Waals surface area contributed by atoms with Crippen molar-refractivity contribution in [1.82, 2.24) is 15.1 Å². The molecule has 2 atom stereocenters. The largest absolute Gasteiger partial charge is 0.366 e. The number of amides is 1. The van der Waals surface area contributed by atoms with Crippen molar-refractivity contribution in [1.29, 1.82) is 0 Å². The number of likely N-dealkylation sites (tertiary alicyclic amines) is 1. The molecule has 120 valence electrons. The Morgan fingerprint density at radius 3 is 2.70 bits per heavy atom. The van der Waals surface area contributed by atoms with Gasteiger partial charge >= 0.3 is 0 Å². The molecule has 0 aromatic rings. The Bertz CT molecular complexity index is 269. The van der Waals surface area contributed by atoms with E-state index < -0.39 is 0 Å². The van der Waals surface area contributed by atoms with E-state index in [1.807, 2.05) is 11.9 Å². The van der Waals surface area contributed by atoms with Gasteiger partial charge < -0.3 is 15.0 Å². The predicted octanol–water partition coefficient (Wildman–Crippen LogP) is 0.761. The van der Waals surface area contributed by atoms with E-state index in [2.05, 4.69) is 17.1 Å². The van der Waals surface area contributed by atoms with Crippen molar-refractivity contribution in [3.05, 3.63) is 0 Å². The van der Waals surface area contributed by atoms with Crippen LogP contribution < -0.4 is 5.32 Å². The van der Waals surface area contributed by atoms with Crippen LogP contribution in [0.3, 0.4) is 0 Å². The normalized spacial score (nSPS) is 27.4. The lowest BCUT2D eigenvalue weighted by Crippen LogP contribution is -2.54. The first-order chi connectivity index (χ1) is 8.74. The van der Waals surface area contributed by atoms with Gasteiger partial charge in [0.1, 0.15) is 6.10 Å². The van der Waals surface area contributed by atoms with E-state index in [-0.39, 0.29) is 36.8 Å². The van der Waals surface area contributed by atoms with Gasteiger partial charge in [0.25, 0.3) is 5.91 Å². The first-order valence-corrected chi connectivity index (χ1v) is 7.04. The maximum Gasteiger partial charge on any atom is 0.253 e. The third-order valence-electron chi connectivity index (χ3n) is 4.01. The number of halogens is 2. The maximum atomic E-state index is 12.4. The van der Waals surface area contributed by atoms with Crippen molar-refractivity contribution >= 4 is 30.7 Å². The van der Waals surface area contributed by atoms with Crippen LogP contribution in [0.5, 0.6) is 0 Å². The number of ether oxygens (including phenoxy) is 1. The van der Waals surface area contributed by atoms with Gasteiger partial charge in [-0.15, -0.1) is 24.8 Å². The third kappa shape index (κ3) is 5.04. The van der Waals surface area contributed by atoms with Gasteiger partial charge in [-0.05, 0) is 26.4 Å². The number of nitrogens with zero attached hydrogens (tertiary/aromatic N) is 2. The Labute approximate surface area is 134 Å². The van der Waals surface area contributed by atoms with Crippen molar-refractivity contribution in [3.8, 4) is 0 Å². The fourth-order valence-electron chi connectivity index (χ4n) is 2.76. The van der Waals surface area contributed by atoms with E-state index in [0.29, 0.717) is 12.6 Å². The second kappa shape index (κ2) is 9.79. The summed E-state index contributed by atoms with van der Waals surface area (Å²) in [5, 5.41) is 3.27. The van der Waals surface area contributed by atoms with Gasteiger partial charge in [0.15, 0.2) is 0 Å². The van der Waals surface area contributed by atoms with Crippen LogP contribution >= 0.6 is 24.8 Å². The first kappa shape index (κ1) is 19.9. The van der Waals surface area contributed by atoms with Gasteiger partial charge in [0, 0.05) is 32.2 Å². The summed E-state index contributed by atoms with van der Waals surface area (Å²) >= 11 is 0. The highest BCUT2D eigenvalue weighted by atomic mass is 35.5. The van der Waals surface area contributed by atoms with Crippen LogP contribution in [0.25, 0.3) is 0 Å². The molecule has 0 radical (unpaired) electrons. The molecule has 2 saturated heterocycles. The predicted molar refractivity (Wildman–Crippen MR) is 85.0 cm³/mol. The molecule has 0 spiro atoms. The zero-order valence-corrected chi connectivity index (χ0v) is 14.0. The summed E-state index contributed by atoms with van der Waals surface area (Å²) in [4.78, 5) is 16.7. The van der Waals surface area contributed by atoms with Crippen molar-refractivity contribution in [2.24, 2.45) is 0 Å². The summed E-state index contributed by atoms with van der Waals surface area (Å²) < 4.78 is 5.64. The monoisotopic (exact) mass is 327 g/mol. The summed E-state index contributed by atoms with van der Waals surface area (Å²) in [6.07, 6.45) is 1.99. The number of nitrogens with one attached hydrogen (secondary N) is 1. The summed E-state index contributed by atoms with van der Waals surface area (Å²) in [6, 6.07) is 0.438. The summed E-state index contributed by atoms with van der Waals surface area (Å²) in [5.74, 6) is 0.174. The molecule has 0 aliphatic carbocycles. The van der Waals surface area contributed by atoms with E-state index in [1.165, 1.54) is 0 Å². The standard InChI is InChI=1S/C13H25N3O2.2ClH/c1-3-15-7-8-18-12(10-15)13(17)16-6-4-5-11(9-16)14-2;;/h11-12,14H,3-10H2,1-2H3;2*1H. The molecule has 1 N–H and O–H groups in total. The van der Waals surface area contributed by atoms with Gasteiger partial charge in [-0.2, -0.15) is 0 Å². The Kier molecular flexibility index (Phi) is 9.76. The molecule has 20 heavy (non-hydrogen) atoms. The Balaban J connectivity index is 0.00000180. The molecule has 1 amide bonds. The Hall–Kier alpha value is -0.0700. The number of likely N-dealkylation sites (N-methyl/N-ethyl adjacent to an activating group) is 2. The van der Waals surface area contributed by atoms with E-state index in [1.54, 1.807) is 0 Å². The minimum atomic E-state index is -0.255. The average Bonchev–Trinajstić information content (AvgIpc) is 2.46. The fourth-order valence-corrected chi connectivity index (χ4v) is 2.76. The Morgan fingerprint density at radius 2 is 2.05 bits per heavy atom. The number of hydrogen-bond acceptors (Lipinski definition) is 4. The molecule has 2 fully saturated rings. The molecule has 2 unspecified atom stereocenters. The smallest absolute Gasteiger partial charge is 0.253 e. The van der Waals surface area contributed by atoms with Crippen LogP contribution in [-0.4, -0.2) is 74.2 Å². The lowest BCUT2D eigenvalue weighted by molar-refractivity contribution is -0.150. The van der Waals surface area contributed by atoms with Crippen molar-refractivity contribution in [3.63, 3.8) is 0 Å². The first-order valence-electron chi connectivity index (χ1n) is 7.04. The van der Waals surface area contributed by atoms with Gasteiger partial charge in [0.2, 0.25) is 0 Å². The van der Waals surface area contributed by atoms with Gasteiger partial charge in [-0.1, -0.05) is 6.92 Å². The molecule has 0 saturated carbocycles. The quantitative estimate of drug-likeness (QED) is 0.831. The molecule has 2 aliphatic rings. The SMILES string of the molecule is CCN1CCOC(C(=O)N2CCCC(NC)C2)C1.Cl.Cl. The maximum absolute atomic E-state index is 12.4. The molecule has 2 heterocycles. The van der Waals surface area contributed by atoms with E-state index in [0.717, 1.165) is 45.6 Å². The molecular formula is C13H27Cl2N3O2. The summed E-state index contributed by atoms with van der Waals surface area (Å²) in [7, 11) is 1.97. The van der Waals surface area contributed by atoms with Gasteiger partial charge in [0.05, 0.1) is 6.61 Å². The highest BCUT2D eigenvalue weighted by molar-refractivity contribution is 5.85. The van der Waals surface area contributed by atoms with Crippen LogP contribution in [0, 0.1) is 0 Å². The van der Waals surface area contributed by atoms with Crippen LogP contribution in [0.15, 0.2) is 0 Å². The Morgan fingerprint density at radius 1 is 1.30 bits per heavy atom. The fraction of sp³-hybridized carbons (Fsp3) is 0.923. The molecule has 7 heteroatoms. The lowest BCUT2D eigenvalue weighted by Gasteiger charge is -2.37. The topological polar surface area (TPSA) is 44.8 Å². The second-order valence-corrected chi connectivity index (χ2v) is 5.16. The number of hydrogen-bond donors (Lipinski definition) is 1. The molecule has 0 aromatic carbocycles. The highest BCUT2D eigenvalue weighted by Crippen LogP contribution is 2.14. The molecular weight excluding hydrogens is 301 g/mol. The zero-order valence-electron chi connectivity index (χ0n) is 12.3. The molecule has 5 nitrogen and oxygen atoms in total.